The maximum Gasteiger partial charge on any atom is 0.300 e. The van der Waals surface area contributed by atoms with Crippen LogP contribution in [0.1, 0.15) is 31.8 Å². The molecule has 1 saturated carbocycles. The highest BCUT2D eigenvalue weighted by Crippen LogP contribution is 2.41. The van der Waals surface area contributed by atoms with E-state index in [-0.39, 0.29) is 17.7 Å². The van der Waals surface area contributed by atoms with Gasteiger partial charge in [0.1, 0.15) is 12.0 Å². The van der Waals surface area contributed by atoms with Crippen LogP contribution in [0, 0.1) is 11.7 Å². The van der Waals surface area contributed by atoms with Crippen LogP contribution in [0.25, 0.3) is 22.6 Å². The fourth-order valence-electron chi connectivity index (χ4n) is 4.18. The minimum atomic E-state index is -0.394. The summed E-state index contributed by atoms with van der Waals surface area (Å²) in [7, 11) is 0. The highest BCUT2D eigenvalue weighted by atomic mass is 19.1. The first-order valence-electron chi connectivity index (χ1n) is 9.33. The number of benzene rings is 2. The van der Waals surface area contributed by atoms with E-state index in [4.69, 9.17) is 5.10 Å². The van der Waals surface area contributed by atoms with Gasteiger partial charge < -0.3 is 5.32 Å². The molecule has 2 heterocycles. The third kappa shape index (κ3) is 2.72. The topological polar surface area (TPSA) is 59.8 Å². The molecule has 1 aliphatic carbocycles. The average molecular weight is 362 g/mol. The minimum absolute atomic E-state index is 0.0373. The Labute approximate surface area is 155 Å². The van der Waals surface area contributed by atoms with Crippen molar-refractivity contribution in [3.63, 3.8) is 0 Å². The molecule has 0 spiro atoms. The van der Waals surface area contributed by atoms with E-state index in [1.165, 1.54) is 25.0 Å². The van der Waals surface area contributed by atoms with E-state index in [0.717, 1.165) is 24.1 Å². The minimum Gasteiger partial charge on any atom is -0.363 e. The molecule has 1 aliphatic heterocycles. The van der Waals surface area contributed by atoms with Crippen molar-refractivity contribution in [2.24, 2.45) is 5.92 Å². The summed E-state index contributed by atoms with van der Waals surface area (Å²) >= 11 is 0. The number of nitrogens with zero attached hydrogens (tertiary/aromatic N) is 3. The first kappa shape index (κ1) is 16.2. The zero-order valence-electron chi connectivity index (χ0n) is 14.7. The summed E-state index contributed by atoms with van der Waals surface area (Å²) in [5.74, 6) is 0.691. The lowest BCUT2D eigenvalue weighted by atomic mass is 10.0. The summed E-state index contributed by atoms with van der Waals surface area (Å²) in [4.78, 5) is 17.1. The average Bonchev–Trinajstić information content (AvgIpc) is 3.22. The van der Waals surface area contributed by atoms with Crippen LogP contribution in [0.4, 0.5) is 10.1 Å². The van der Waals surface area contributed by atoms with Gasteiger partial charge in [0.15, 0.2) is 11.5 Å². The Balaban J connectivity index is 1.70. The van der Waals surface area contributed by atoms with Crippen molar-refractivity contribution in [2.75, 3.05) is 5.32 Å². The van der Waals surface area contributed by atoms with Crippen LogP contribution in [-0.2, 0) is 0 Å². The van der Waals surface area contributed by atoms with Crippen LogP contribution >= 0.6 is 0 Å². The Hall–Kier alpha value is -3.02. The van der Waals surface area contributed by atoms with E-state index in [1.54, 1.807) is 12.1 Å². The smallest absolute Gasteiger partial charge is 0.300 e. The summed E-state index contributed by atoms with van der Waals surface area (Å²) < 4.78 is 15.1. The lowest BCUT2D eigenvalue weighted by molar-refractivity contribution is 0.337. The molecule has 6 heteroatoms. The van der Waals surface area contributed by atoms with Gasteiger partial charge in [-0.2, -0.15) is 10.1 Å². The zero-order valence-corrected chi connectivity index (χ0v) is 14.7. The predicted molar refractivity (Wildman–Crippen MR) is 102 cm³/mol. The summed E-state index contributed by atoms with van der Waals surface area (Å²) in [6.07, 6.45) is 4.62. The molecule has 1 N–H and O–H groups in total. The number of hydrogen-bond donors (Lipinski definition) is 1. The molecule has 136 valence electrons. The zero-order chi connectivity index (χ0) is 18.4. The molecule has 27 heavy (non-hydrogen) atoms. The number of hydrogen-bond acceptors (Lipinski definition) is 4. The summed E-state index contributed by atoms with van der Waals surface area (Å²) in [6, 6.07) is 13.7. The van der Waals surface area contributed by atoms with Crippen LogP contribution in [-0.4, -0.2) is 14.8 Å². The number of anilines is 1. The largest absolute Gasteiger partial charge is 0.363 e. The molecule has 0 radical (unpaired) electrons. The van der Waals surface area contributed by atoms with E-state index in [0.29, 0.717) is 17.3 Å². The molecule has 1 unspecified atom stereocenters. The Morgan fingerprint density at radius 3 is 2.56 bits per heavy atom. The quantitative estimate of drug-likeness (QED) is 0.741. The van der Waals surface area contributed by atoms with E-state index in [1.807, 2.05) is 28.9 Å². The Kier molecular flexibility index (Phi) is 3.77. The van der Waals surface area contributed by atoms with Gasteiger partial charge in [-0.05, 0) is 55.2 Å². The number of para-hydroxylation sites is 1. The SMILES string of the molecule is O=c1nc2n(nc1-c1ccc(F)cc1)C(C1CCCC1)Nc1ccccc1-2. The van der Waals surface area contributed by atoms with Crippen LogP contribution in [0.5, 0.6) is 0 Å². The first-order valence-corrected chi connectivity index (χ1v) is 9.33. The lowest BCUT2D eigenvalue weighted by Crippen LogP contribution is -2.35. The Morgan fingerprint density at radius 2 is 1.78 bits per heavy atom. The second-order valence-corrected chi connectivity index (χ2v) is 7.22. The van der Waals surface area contributed by atoms with Gasteiger partial charge in [-0.25, -0.2) is 9.07 Å². The maximum absolute atomic E-state index is 13.3. The fourth-order valence-corrected chi connectivity index (χ4v) is 4.18. The normalized spacial score (nSPS) is 18.6. The third-order valence-electron chi connectivity index (χ3n) is 5.53. The van der Waals surface area contributed by atoms with Gasteiger partial charge in [0.05, 0.1) is 0 Å². The maximum atomic E-state index is 13.3. The molecular weight excluding hydrogens is 343 g/mol. The van der Waals surface area contributed by atoms with Gasteiger partial charge in [-0.15, -0.1) is 0 Å². The van der Waals surface area contributed by atoms with E-state index >= 15 is 0 Å². The first-order chi connectivity index (χ1) is 13.2. The lowest BCUT2D eigenvalue weighted by Gasteiger charge is -2.33. The van der Waals surface area contributed by atoms with Crippen molar-refractivity contribution in [1.82, 2.24) is 14.8 Å². The van der Waals surface area contributed by atoms with Gasteiger partial charge in [-0.1, -0.05) is 25.0 Å². The van der Waals surface area contributed by atoms with E-state index in [9.17, 15) is 9.18 Å². The second-order valence-electron chi connectivity index (χ2n) is 7.22. The molecule has 5 rings (SSSR count). The molecule has 1 aromatic heterocycles. The van der Waals surface area contributed by atoms with Crippen molar-refractivity contribution in [2.45, 2.75) is 31.8 Å². The second kappa shape index (κ2) is 6.30. The van der Waals surface area contributed by atoms with Crippen molar-refractivity contribution in [3.05, 3.63) is 64.7 Å². The Morgan fingerprint density at radius 1 is 1.04 bits per heavy atom. The highest BCUT2D eigenvalue weighted by molar-refractivity contribution is 5.76. The van der Waals surface area contributed by atoms with Crippen molar-refractivity contribution in [1.29, 1.82) is 0 Å². The summed E-state index contributed by atoms with van der Waals surface area (Å²) in [6.45, 7) is 0. The molecule has 1 fully saturated rings. The van der Waals surface area contributed by atoms with Crippen LogP contribution < -0.4 is 10.9 Å². The van der Waals surface area contributed by atoms with Gasteiger partial charge in [0.2, 0.25) is 0 Å². The number of rotatable bonds is 2. The van der Waals surface area contributed by atoms with Crippen molar-refractivity contribution >= 4 is 5.69 Å². The number of fused-ring (bicyclic) bond motifs is 3. The van der Waals surface area contributed by atoms with Gasteiger partial charge in [-0.3, -0.25) is 4.79 Å². The van der Waals surface area contributed by atoms with E-state index in [2.05, 4.69) is 10.3 Å². The molecule has 0 amide bonds. The molecule has 2 aliphatic rings. The molecule has 2 aromatic carbocycles. The number of nitrogens with one attached hydrogen (secondary N) is 1. The van der Waals surface area contributed by atoms with Crippen molar-refractivity contribution < 1.29 is 4.39 Å². The van der Waals surface area contributed by atoms with E-state index < -0.39 is 5.56 Å². The van der Waals surface area contributed by atoms with Gasteiger partial charge >= 0.3 is 0 Å². The monoisotopic (exact) mass is 362 g/mol. The molecular formula is C21H19FN4O. The third-order valence-corrected chi connectivity index (χ3v) is 5.53. The summed E-state index contributed by atoms with van der Waals surface area (Å²) in [5, 5.41) is 8.30. The van der Waals surface area contributed by atoms with Gasteiger partial charge in [0, 0.05) is 16.8 Å². The molecule has 0 saturated heterocycles. The van der Waals surface area contributed by atoms with Crippen LogP contribution in [0.2, 0.25) is 0 Å². The highest BCUT2D eigenvalue weighted by Gasteiger charge is 2.33. The van der Waals surface area contributed by atoms with Crippen LogP contribution in [0.15, 0.2) is 53.3 Å². The number of halogens is 1. The standard InChI is InChI=1S/C21H19FN4O/c22-15-11-9-13(10-12-15)18-21(27)24-20-16-7-3-4-8-17(16)23-19(26(20)25-18)14-5-1-2-6-14/h3-4,7-12,14,19,23H,1-2,5-6H2. The molecule has 3 aromatic rings. The summed E-state index contributed by atoms with van der Waals surface area (Å²) in [5.41, 5.74) is 2.30. The van der Waals surface area contributed by atoms with Crippen LogP contribution in [0.3, 0.4) is 0 Å². The van der Waals surface area contributed by atoms with Gasteiger partial charge in [0.25, 0.3) is 5.56 Å². The van der Waals surface area contributed by atoms with Crippen molar-refractivity contribution in [3.8, 4) is 22.6 Å². The predicted octanol–water partition coefficient (Wildman–Crippen LogP) is 4.23. The molecule has 1 atom stereocenters. The Bertz CT molecular complexity index is 1050. The molecule has 0 bridgehead atoms. The number of aromatic nitrogens is 3. The fraction of sp³-hybridized carbons (Fsp3) is 0.286. The molecule has 5 nitrogen and oxygen atoms in total.